The number of methoxy groups -OCH3 is 1. The third-order valence-electron chi connectivity index (χ3n) is 5.42. The number of ether oxygens (including phenoxy) is 2. The lowest BCUT2D eigenvalue weighted by Gasteiger charge is -2.20. The molecule has 5 rings (SSSR count). The van der Waals surface area contributed by atoms with Crippen molar-refractivity contribution in [1.29, 1.82) is 5.41 Å². The molecule has 186 valence electrons. The summed E-state index contributed by atoms with van der Waals surface area (Å²) >= 11 is 13.9. The van der Waals surface area contributed by atoms with Crippen molar-refractivity contribution in [2.45, 2.75) is 6.61 Å². The molecule has 1 N–H and O–H groups in total. The molecule has 11 heteroatoms. The van der Waals surface area contributed by atoms with E-state index in [9.17, 15) is 9.18 Å². The summed E-state index contributed by atoms with van der Waals surface area (Å²) in [5.41, 5.74) is 1.97. The summed E-state index contributed by atoms with van der Waals surface area (Å²) in [6, 6.07) is 16.3. The lowest BCUT2D eigenvalue weighted by molar-refractivity contribution is -0.114. The van der Waals surface area contributed by atoms with Gasteiger partial charge in [-0.15, -0.1) is 0 Å². The van der Waals surface area contributed by atoms with Crippen LogP contribution in [0.25, 0.3) is 6.08 Å². The summed E-state index contributed by atoms with van der Waals surface area (Å²) in [4.78, 5) is 16.9. The van der Waals surface area contributed by atoms with Crippen molar-refractivity contribution in [3.8, 4) is 11.5 Å². The van der Waals surface area contributed by atoms with Crippen molar-refractivity contribution in [3.63, 3.8) is 0 Å². The van der Waals surface area contributed by atoms with Crippen molar-refractivity contribution in [1.82, 2.24) is 5.01 Å². The topological polar surface area (TPSA) is 87.3 Å². The number of hydrogen-bond donors (Lipinski definition) is 1. The summed E-state index contributed by atoms with van der Waals surface area (Å²) in [7, 11) is 1.46. The number of carbonyl (C=O) groups is 1. The molecule has 2 aliphatic heterocycles. The Morgan fingerprint density at radius 3 is 2.59 bits per heavy atom. The normalized spacial score (nSPS) is 16.0. The van der Waals surface area contributed by atoms with Crippen LogP contribution in [-0.2, 0) is 11.4 Å². The van der Waals surface area contributed by atoms with Crippen molar-refractivity contribution >= 4 is 63.0 Å². The first-order chi connectivity index (χ1) is 17.8. The molecule has 0 radical (unpaired) electrons. The molecule has 0 saturated heterocycles. The number of rotatable bonds is 6. The zero-order chi connectivity index (χ0) is 26.1. The number of aliphatic imine (C=N–C) groups is 1. The molecule has 0 aliphatic carbocycles. The maximum Gasteiger partial charge on any atom is 0.283 e. The van der Waals surface area contributed by atoms with E-state index in [0.717, 1.165) is 5.56 Å². The standard InChI is InChI=1S/C26H17Cl2FN4O3S/c1-35-21-12-15(11-20(28)22(21)36-13-14-6-8-16(29)9-7-14)10-18-23(30)33-26(31-24(18)34)37-25(32-33)17-4-2-3-5-19(17)27/h2-12,30H,13H2,1H3/b18-10-,30-23?. The molecular formula is C26H17Cl2FN4O3S. The SMILES string of the molecule is COc1cc(/C=C2/C(=N)N3N=C(c4ccccc4Cl)SC3=NC2=O)cc(Cl)c1OCc1ccc(F)cc1. The number of hydrazone groups is 1. The van der Waals surface area contributed by atoms with Gasteiger partial charge in [0.2, 0.25) is 5.17 Å². The highest BCUT2D eigenvalue weighted by Crippen LogP contribution is 2.38. The fraction of sp³-hybridized carbons (Fsp3) is 0.0769. The molecule has 0 aromatic heterocycles. The molecule has 3 aromatic rings. The van der Waals surface area contributed by atoms with Crippen LogP contribution in [0.5, 0.6) is 11.5 Å². The number of carbonyl (C=O) groups excluding carboxylic acids is 1. The highest BCUT2D eigenvalue weighted by Gasteiger charge is 2.36. The van der Waals surface area contributed by atoms with Gasteiger partial charge in [0.1, 0.15) is 17.5 Å². The third-order valence-corrected chi connectivity index (χ3v) is 6.97. The number of halogens is 3. The molecule has 0 fully saturated rings. The Labute approximate surface area is 225 Å². The molecule has 2 aliphatic rings. The predicted octanol–water partition coefficient (Wildman–Crippen LogP) is 6.39. The van der Waals surface area contributed by atoms with E-state index in [2.05, 4.69) is 10.1 Å². The number of thioether (sulfide) groups is 1. The number of hydrogen-bond acceptors (Lipinski definition) is 6. The second-order valence-electron chi connectivity index (χ2n) is 7.85. The summed E-state index contributed by atoms with van der Waals surface area (Å²) in [5.74, 6) is -0.418. The van der Waals surface area contributed by atoms with E-state index >= 15 is 0 Å². The fourth-order valence-electron chi connectivity index (χ4n) is 3.60. The molecule has 0 unspecified atom stereocenters. The van der Waals surface area contributed by atoms with Gasteiger partial charge in [-0.1, -0.05) is 53.5 Å². The van der Waals surface area contributed by atoms with Crippen LogP contribution in [0.3, 0.4) is 0 Å². The van der Waals surface area contributed by atoms with E-state index < -0.39 is 5.91 Å². The first-order valence-electron chi connectivity index (χ1n) is 10.8. The molecule has 0 bridgehead atoms. The number of amidine groups is 2. The Kier molecular flexibility index (Phi) is 7.01. The number of amides is 1. The molecule has 7 nitrogen and oxygen atoms in total. The van der Waals surface area contributed by atoms with Gasteiger partial charge >= 0.3 is 0 Å². The summed E-state index contributed by atoms with van der Waals surface area (Å²) in [5, 5.41) is 15.9. The van der Waals surface area contributed by atoms with Gasteiger partial charge in [0, 0.05) is 5.56 Å². The molecule has 3 aromatic carbocycles. The molecule has 1 amide bonds. The summed E-state index contributed by atoms with van der Waals surface area (Å²) < 4.78 is 24.4. The van der Waals surface area contributed by atoms with E-state index in [1.807, 2.05) is 18.2 Å². The third kappa shape index (κ3) is 5.11. The Balaban J connectivity index is 1.41. The molecule has 0 spiro atoms. The lowest BCUT2D eigenvalue weighted by atomic mass is 10.1. The van der Waals surface area contributed by atoms with Gasteiger partial charge in [-0.2, -0.15) is 15.1 Å². The second kappa shape index (κ2) is 10.4. The molecule has 0 saturated carbocycles. The first kappa shape index (κ1) is 25.0. The minimum Gasteiger partial charge on any atom is -0.493 e. The van der Waals surface area contributed by atoms with Crippen LogP contribution in [0.1, 0.15) is 16.7 Å². The summed E-state index contributed by atoms with van der Waals surface area (Å²) in [6.07, 6.45) is 1.50. The average Bonchev–Trinajstić information content (AvgIpc) is 3.30. The minimum atomic E-state index is -0.578. The van der Waals surface area contributed by atoms with Crippen LogP contribution in [0.2, 0.25) is 10.0 Å². The maximum absolute atomic E-state index is 13.2. The number of benzene rings is 3. The predicted molar refractivity (Wildman–Crippen MR) is 144 cm³/mol. The average molecular weight is 555 g/mol. The Bertz CT molecular complexity index is 1520. The van der Waals surface area contributed by atoms with Gasteiger partial charge < -0.3 is 9.47 Å². The second-order valence-corrected chi connectivity index (χ2v) is 9.62. The van der Waals surface area contributed by atoms with Crippen molar-refractivity contribution in [3.05, 3.63) is 98.8 Å². The van der Waals surface area contributed by atoms with Gasteiger partial charge in [-0.3, -0.25) is 10.2 Å². The fourth-order valence-corrected chi connectivity index (χ4v) is 5.09. The number of nitrogens with one attached hydrogen (secondary N) is 1. The summed E-state index contributed by atoms with van der Waals surface area (Å²) in [6.45, 7) is 0.149. The van der Waals surface area contributed by atoms with Gasteiger partial charge in [-0.05, 0) is 59.3 Å². The van der Waals surface area contributed by atoms with Crippen LogP contribution < -0.4 is 9.47 Å². The van der Waals surface area contributed by atoms with Crippen LogP contribution >= 0.6 is 35.0 Å². The lowest BCUT2D eigenvalue weighted by Crippen LogP contribution is -2.35. The van der Waals surface area contributed by atoms with Crippen LogP contribution in [0.15, 0.2) is 76.3 Å². The van der Waals surface area contributed by atoms with Crippen LogP contribution in [0.4, 0.5) is 4.39 Å². The van der Waals surface area contributed by atoms with Crippen molar-refractivity contribution in [2.75, 3.05) is 7.11 Å². The molecule has 37 heavy (non-hydrogen) atoms. The highest BCUT2D eigenvalue weighted by molar-refractivity contribution is 8.27. The Morgan fingerprint density at radius 1 is 1.11 bits per heavy atom. The van der Waals surface area contributed by atoms with Gasteiger partial charge in [0.05, 0.1) is 22.7 Å². The van der Waals surface area contributed by atoms with Gasteiger partial charge in [0.25, 0.3) is 5.91 Å². The first-order valence-corrected chi connectivity index (χ1v) is 12.4. The molecule has 2 heterocycles. The van der Waals surface area contributed by atoms with Crippen molar-refractivity contribution in [2.24, 2.45) is 10.1 Å². The van der Waals surface area contributed by atoms with Crippen LogP contribution in [0, 0.1) is 11.2 Å². The van der Waals surface area contributed by atoms with Crippen molar-refractivity contribution < 1.29 is 18.7 Å². The zero-order valence-corrected chi connectivity index (χ0v) is 21.5. The smallest absolute Gasteiger partial charge is 0.283 e. The quantitative estimate of drug-likeness (QED) is 0.357. The van der Waals surface area contributed by atoms with E-state index in [1.54, 1.807) is 30.3 Å². The number of nitrogens with zero attached hydrogens (tertiary/aromatic N) is 3. The van der Waals surface area contributed by atoms with Crippen LogP contribution in [-0.4, -0.2) is 34.1 Å². The Hall–Kier alpha value is -3.66. The molecule has 0 atom stereocenters. The zero-order valence-electron chi connectivity index (χ0n) is 19.2. The van der Waals surface area contributed by atoms with E-state index in [1.165, 1.54) is 42.1 Å². The molecular weight excluding hydrogens is 538 g/mol. The highest BCUT2D eigenvalue weighted by atomic mass is 35.5. The minimum absolute atomic E-state index is 0.0339. The monoisotopic (exact) mass is 554 g/mol. The number of fused-ring (bicyclic) bond motifs is 1. The van der Waals surface area contributed by atoms with E-state index in [0.29, 0.717) is 32.7 Å². The Morgan fingerprint density at radius 2 is 1.86 bits per heavy atom. The maximum atomic E-state index is 13.2. The van der Waals surface area contributed by atoms with Gasteiger partial charge in [0.15, 0.2) is 17.3 Å². The largest absolute Gasteiger partial charge is 0.493 e. The van der Waals surface area contributed by atoms with E-state index in [-0.39, 0.29) is 34.0 Å². The van der Waals surface area contributed by atoms with E-state index in [4.69, 9.17) is 38.1 Å². The van der Waals surface area contributed by atoms with Gasteiger partial charge in [-0.25, -0.2) is 4.39 Å².